The van der Waals surface area contributed by atoms with Crippen LogP contribution in [0.3, 0.4) is 0 Å². The number of hydrogen-bond acceptors (Lipinski definition) is 7. The number of rotatable bonds is 11. The van der Waals surface area contributed by atoms with E-state index >= 15 is 0 Å². The van der Waals surface area contributed by atoms with Crippen LogP contribution in [0.15, 0.2) is 36.7 Å². The number of hydrogen-bond donors (Lipinski definition) is 2. The summed E-state index contributed by atoms with van der Waals surface area (Å²) in [5.74, 6) is 1.99. The monoisotopic (exact) mass is 459 g/mol. The largest absolute Gasteiger partial charge is 0.379 e. The molecule has 1 saturated heterocycles. The number of anilines is 1. The van der Waals surface area contributed by atoms with E-state index in [1.807, 2.05) is 12.1 Å². The van der Waals surface area contributed by atoms with E-state index in [0.717, 1.165) is 24.7 Å². The fraction of sp³-hybridized carbons (Fsp3) is 0.522. The molecule has 172 valence electrons. The van der Waals surface area contributed by atoms with E-state index < -0.39 is 0 Å². The number of piperidine rings is 1. The Labute approximate surface area is 193 Å². The molecule has 1 aliphatic heterocycles. The van der Waals surface area contributed by atoms with Gasteiger partial charge < -0.3 is 15.0 Å². The first-order valence-corrected chi connectivity index (χ1v) is 11.4. The molecule has 2 fully saturated rings. The number of ether oxygens (including phenoxy) is 1. The molecule has 0 bridgehead atoms. The summed E-state index contributed by atoms with van der Waals surface area (Å²) in [6.07, 6.45) is 3.08. The Balaban J connectivity index is 1.16. The van der Waals surface area contributed by atoms with E-state index in [0.29, 0.717) is 55.1 Å². The number of nitrogens with one attached hydrogen (secondary N) is 2. The summed E-state index contributed by atoms with van der Waals surface area (Å²) in [7, 11) is 0. The minimum absolute atomic E-state index is 0.293. The van der Waals surface area contributed by atoms with Crippen LogP contribution in [0.4, 0.5) is 5.95 Å². The molecule has 32 heavy (non-hydrogen) atoms. The Morgan fingerprint density at radius 1 is 1.16 bits per heavy atom. The molecule has 4 rings (SSSR count). The number of hydroxylamine groups is 1. The lowest BCUT2D eigenvalue weighted by Crippen LogP contribution is -2.32. The fourth-order valence-corrected chi connectivity index (χ4v) is 4.15. The molecule has 2 heterocycles. The lowest BCUT2D eigenvalue weighted by Gasteiger charge is -2.20. The zero-order valence-corrected chi connectivity index (χ0v) is 19.2. The van der Waals surface area contributed by atoms with E-state index in [-0.39, 0.29) is 5.91 Å². The number of benzene rings is 1. The van der Waals surface area contributed by atoms with Gasteiger partial charge in [0.1, 0.15) is 0 Å². The zero-order chi connectivity index (χ0) is 22.5. The van der Waals surface area contributed by atoms with Gasteiger partial charge in [0, 0.05) is 49.7 Å². The highest BCUT2D eigenvalue weighted by Crippen LogP contribution is 2.46. The first-order valence-electron chi connectivity index (χ1n) is 11.1. The molecule has 1 aromatic carbocycles. The molecule has 1 aromatic heterocycles. The lowest BCUT2D eigenvalue weighted by atomic mass is 10.2. The Bertz CT molecular complexity index is 882. The summed E-state index contributed by atoms with van der Waals surface area (Å²) in [6, 6.07) is 8.48. The highest BCUT2D eigenvalue weighted by molar-refractivity contribution is 6.30. The van der Waals surface area contributed by atoms with E-state index in [4.69, 9.17) is 21.2 Å². The topological polar surface area (TPSA) is 88.6 Å². The van der Waals surface area contributed by atoms with Crippen molar-refractivity contribution in [2.24, 2.45) is 17.8 Å². The predicted octanol–water partition coefficient (Wildman–Crippen LogP) is 2.69. The second-order valence-corrected chi connectivity index (χ2v) is 9.22. The summed E-state index contributed by atoms with van der Waals surface area (Å²) in [4.78, 5) is 28.2. The maximum Gasteiger partial charge on any atom is 0.277 e. The standard InChI is InChI=1S/C23H30ClN5O3/c1-15(2)14-31-7-8-32-28-22(30)17-10-26-23(27-11-17)29-12-19-20(13-29)21(19)25-9-16-3-5-18(24)6-4-16/h3-6,10-11,15,19-21,25H,7-9,12-14H2,1-2H3,(H,28,30)/t19-,20+,21?. The molecule has 3 atom stereocenters. The first kappa shape index (κ1) is 22.9. The minimum atomic E-state index is -0.365. The smallest absolute Gasteiger partial charge is 0.277 e. The summed E-state index contributed by atoms with van der Waals surface area (Å²) >= 11 is 5.94. The summed E-state index contributed by atoms with van der Waals surface area (Å²) in [6.45, 7) is 8.25. The van der Waals surface area contributed by atoms with Gasteiger partial charge in [-0.1, -0.05) is 37.6 Å². The van der Waals surface area contributed by atoms with Crippen LogP contribution >= 0.6 is 11.6 Å². The van der Waals surface area contributed by atoms with Gasteiger partial charge in [0.25, 0.3) is 5.91 Å². The molecule has 2 aromatic rings. The van der Waals surface area contributed by atoms with E-state index in [9.17, 15) is 4.79 Å². The average Bonchev–Trinajstić information content (AvgIpc) is 3.23. The van der Waals surface area contributed by atoms with Crippen molar-refractivity contribution in [3.63, 3.8) is 0 Å². The maximum absolute atomic E-state index is 12.1. The molecule has 1 aliphatic carbocycles. The average molecular weight is 460 g/mol. The fourth-order valence-electron chi connectivity index (χ4n) is 4.03. The summed E-state index contributed by atoms with van der Waals surface area (Å²) < 4.78 is 5.40. The van der Waals surface area contributed by atoms with Crippen LogP contribution in [-0.2, 0) is 16.1 Å². The third-order valence-electron chi connectivity index (χ3n) is 5.78. The molecular weight excluding hydrogens is 430 g/mol. The second kappa shape index (κ2) is 10.6. The van der Waals surface area contributed by atoms with Crippen molar-refractivity contribution < 1.29 is 14.4 Å². The third-order valence-corrected chi connectivity index (χ3v) is 6.03. The van der Waals surface area contributed by atoms with E-state index in [2.05, 4.69) is 51.6 Å². The van der Waals surface area contributed by atoms with Crippen LogP contribution in [0.2, 0.25) is 5.02 Å². The Kier molecular flexibility index (Phi) is 7.57. The van der Waals surface area contributed by atoms with Crippen LogP contribution in [-0.4, -0.2) is 54.8 Å². The van der Waals surface area contributed by atoms with Crippen molar-refractivity contribution in [2.75, 3.05) is 37.8 Å². The first-order chi connectivity index (χ1) is 15.5. The number of fused-ring (bicyclic) bond motifs is 1. The Morgan fingerprint density at radius 3 is 2.50 bits per heavy atom. The Hall–Kier alpha value is -2.26. The number of nitrogens with zero attached hydrogens (tertiary/aromatic N) is 3. The van der Waals surface area contributed by atoms with Gasteiger partial charge in [0.05, 0.1) is 18.8 Å². The van der Waals surface area contributed by atoms with Gasteiger partial charge in [0.15, 0.2) is 0 Å². The second-order valence-electron chi connectivity index (χ2n) is 8.79. The van der Waals surface area contributed by atoms with Crippen molar-refractivity contribution in [3.05, 3.63) is 52.8 Å². The van der Waals surface area contributed by atoms with Crippen LogP contribution < -0.4 is 15.7 Å². The van der Waals surface area contributed by atoms with Crippen molar-refractivity contribution in [1.82, 2.24) is 20.8 Å². The highest BCUT2D eigenvalue weighted by atomic mass is 35.5. The summed E-state index contributed by atoms with van der Waals surface area (Å²) in [5.41, 5.74) is 4.00. The van der Waals surface area contributed by atoms with Gasteiger partial charge in [-0.2, -0.15) is 0 Å². The molecule has 0 radical (unpaired) electrons. The van der Waals surface area contributed by atoms with Gasteiger partial charge in [0.2, 0.25) is 5.95 Å². The summed E-state index contributed by atoms with van der Waals surface area (Å²) in [5, 5.41) is 4.40. The normalized spacial score (nSPS) is 21.6. The molecular formula is C23H30ClN5O3. The van der Waals surface area contributed by atoms with Gasteiger partial charge >= 0.3 is 0 Å². The minimum Gasteiger partial charge on any atom is -0.379 e. The maximum atomic E-state index is 12.1. The van der Waals surface area contributed by atoms with Crippen molar-refractivity contribution >= 4 is 23.5 Å². The van der Waals surface area contributed by atoms with Crippen molar-refractivity contribution in [2.45, 2.75) is 26.4 Å². The molecule has 8 nitrogen and oxygen atoms in total. The molecule has 2 aliphatic rings. The predicted molar refractivity (Wildman–Crippen MR) is 122 cm³/mol. The number of carbonyl (C=O) groups excluding carboxylic acids is 1. The van der Waals surface area contributed by atoms with Gasteiger partial charge in [-0.25, -0.2) is 15.4 Å². The molecule has 0 spiro atoms. The highest BCUT2D eigenvalue weighted by Gasteiger charge is 2.55. The van der Waals surface area contributed by atoms with Gasteiger partial charge in [-0.05, 0) is 35.4 Å². The number of carbonyl (C=O) groups is 1. The van der Waals surface area contributed by atoms with Crippen LogP contribution in [0, 0.1) is 17.8 Å². The molecule has 1 amide bonds. The van der Waals surface area contributed by atoms with Crippen LogP contribution in [0.1, 0.15) is 29.8 Å². The molecule has 9 heteroatoms. The number of halogens is 1. The van der Waals surface area contributed by atoms with Gasteiger partial charge in [-0.3, -0.25) is 9.63 Å². The number of aromatic nitrogens is 2. The molecule has 1 unspecified atom stereocenters. The molecule has 1 saturated carbocycles. The van der Waals surface area contributed by atoms with Crippen molar-refractivity contribution in [1.29, 1.82) is 0 Å². The van der Waals surface area contributed by atoms with Crippen LogP contribution in [0.5, 0.6) is 0 Å². The molecule has 2 N–H and O–H groups in total. The van der Waals surface area contributed by atoms with Gasteiger partial charge in [-0.15, -0.1) is 0 Å². The Morgan fingerprint density at radius 2 is 1.84 bits per heavy atom. The SMILES string of the molecule is CC(C)COCCONC(=O)c1cnc(N2C[C@@H]3C(NCc4ccc(Cl)cc4)[C@@H]3C2)nc1. The number of amides is 1. The van der Waals surface area contributed by atoms with Crippen LogP contribution in [0.25, 0.3) is 0 Å². The zero-order valence-electron chi connectivity index (χ0n) is 18.5. The van der Waals surface area contributed by atoms with E-state index in [1.54, 1.807) is 0 Å². The quantitative estimate of drug-likeness (QED) is 0.394. The van der Waals surface area contributed by atoms with E-state index in [1.165, 1.54) is 18.0 Å². The third kappa shape index (κ3) is 5.95. The lowest BCUT2D eigenvalue weighted by molar-refractivity contribution is -0.00490. The van der Waals surface area contributed by atoms with Crippen molar-refractivity contribution in [3.8, 4) is 0 Å².